The molecule has 0 fully saturated rings. The molecule has 0 amide bonds. The van der Waals surface area contributed by atoms with Gasteiger partial charge in [-0.2, -0.15) is 18.3 Å². The van der Waals surface area contributed by atoms with Gasteiger partial charge >= 0.3 is 17.8 Å². The summed E-state index contributed by atoms with van der Waals surface area (Å²) in [6.45, 7) is 1.46. The maximum absolute atomic E-state index is 12.9. The van der Waals surface area contributed by atoms with E-state index in [-0.39, 0.29) is 28.4 Å². The molecule has 3 rings (SSSR count). The van der Waals surface area contributed by atoms with Crippen molar-refractivity contribution in [3.8, 4) is 17.2 Å². The van der Waals surface area contributed by atoms with Gasteiger partial charge in [0, 0.05) is 0 Å². The molecule has 0 radical (unpaired) electrons. The van der Waals surface area contributed by atoms with Crippen LogP contribution in [-0.4, -0.2) is 27.8 Å². The van der Waals surface area contributed by atoms with Crippen molar-refractivity contribution in [2.75, 3.05) is 7.11 Å². The molecule has 0 aliphatic heterocycles. The fraction of sp³-hybridized carbons (Fsp3) is 0.158. The van der Waals surface area contributed by atoms with E-state index >= 15 is 0 Å². The first-order chi connectivity index (χ1) is 14.1. The van der Waals surface area contributed by atoms with E-state index in [1.165, 1.54) is 38.3 Å². The minimum Gasteiger partial charge on any atom is -0.496 e. The second kappa shape index (κ2) is 7.85. The Hall–Kier alpha value is -3.89. The Morgan fingerprint density at radius 3 is 2.57 bits per heavy atom. The summed E-state index contributed by atoms with van der Waals surface area (Å²) in [5.41, 5.74) is -1.11. The van der Waals surface area contributed by atoms with Crippen molar-refractivity contribution in [3.05, 3.63) is 75.6 Å². The van der Waals surface area contributed by atoms with E-state index in [9.17, 15) is 28.1 Å². The van der Waals surface area contributed by atoms with Crippen LogP contribution >= 0.6 is 0 Å². The fourth-order valence-corrected chi connectivity index (χ4v) is 2.69. The normalized spacial score (nSPS) is 11.2. The van der Waals surface area contributed by atoms with E-state index in [2.05, 4.69) is 5.10 Å². The third kappa shape index (κ3) is 4.09. The van der Waals surface area contributed by atoms with Gasteiger partial charge in [0.05, 0.1) is 41.2 Å². The Labute approximate surface area is 167 Å². The fourth-order valence-electron chi connectivity index (χ4n) is 2.69. The molecule has 0 spiro atoms. The van der Waals surface area contributed by atoms with Crippen LogP contribution in [-0.2, 0) is 6.18 Å². The van der Waals surface area contributed by atoms with Crippen LogP contribution in [0.2, 0.25) is 0 Å². The SMILES string of the molecule is COc1ccc(OC(=O)c2cnn(-c3cccc(C(F)(F)F)c3)c2C)c([N+](=O)[O-])c1. The van der Waals surface area contributed by atoms with Crippen LogP contribution < -0.4 is 9.47 Å². The van der Waals surface area contributed by atoms with Gasteiger partial charge in [-0.3, -0.25) is 10.1 Å². The van der Waals surface area contributed by atoms with Crippen molar-refractivity contribution >= 4 is 11.7 Å². The van der Waals surface area contributed by atoms with Crippen molar-refractivity contribution < 1.29 is 32.4 Å². The number of carbonyl (C=O) groups excluding carboxylic acids is 1. The molecule has 30 heavy (non-hydrogen) atoms. The van der Waals surface area contributed by atoms with Crippen molar-refractivity contribution in [3.63, 3.8) is 0 Å². The van der Waals surface area contributed by atoms with Crippen LogP contribution in [0, 0.1) is 17.0 Å². The van der Waals surface area contributed by atoms with Gasteiger partial charge in [-0.1, -0.05) is 6.07 Å². The topological polar surface area (TPSA) is 96.5 Å². The molecule has 0 aliphatic carbocycles. The molecule has 0 unspecified atom stereocenters. The Kier molecular flexibility index (Phi) is 5.45. The average molecular weight is 421 g/mol. The minimum absolute atomic E-state index is 0.0578. The zero-order chi connectivity index (χ0) is 22.1. The second-order valence-corrected chi connectivity index (χ2v) is 6.08. The number of alkyl halides is 3. The zero-order valence-corrected chi connectivity index (χ0v) is 15.6. The number of ether oxygens (including phenoxy) is 2. The zero-order valence-electron chi connectivity index (χ0n) is 15.6. The predicted molar refractivity (Wildman–Crippen MR) is 97.9 cm³/mol. The quantitative estimate of drug-likeness (QED) is 0.263. The number of nitro groups is 1. The molecule has 0 saturated carbocycles. The van der Waals surface area contributed by atoms with Gasteiger partial charge in [-0.25, -0.2) is 9.48 Å². The molecule has 2 aromatic carbocycles. The van der Waals surface area contributed by atoms with Gasteiger partial charge in [0.15, 0.2) is 0 Å². The lowest BCUT2D eigenvalue weighted by Gasteiger charge is -2.10. The summed E-state index contributed by atoms with van der Waals surface area (Å²) in [6.07, 6.45) is -3.42. The lowest BCUT2D eigenvalue weighted by Crippen LogP contribution is -2.11. The van der Waals surface area contributed by atoms with Crippen molar-refractivity contribution in [1.29, 1.82) is 0 Å². The molecule has 0 bridgehead atoms. The third-order valence-electron chi connectivity index (χ3n) is 4.21. The number of hydrogen-bond acceptors (Lipinski definition) is 6. The predicted octanol–water partition coefficient (Wildman–Crippen LogP) is 4.34. The number of hydrogen-bond donors (Lipinski definition) is 0. The van der Waals surface area contributed by atoms with Gasteiger partial charge < -0.3 is 9.47 Å². The number of esters is 1. The summed E-state index contributed by atoms with van der Waals surface area (Å²) >= 11 is 0. The number of methoxy groups -OCH3 is 1. The van der Waals surface area contributed by atoms with E-state index in [1.54, 1.807) is 0 Å². The lowest BCUT2D eigenvalue weighted by atomic mass is 10.2. The van der Waals surface area contributed by atoms with Crippen LogP contribution in [0.15, 0.2) is 48.7 Å². The standard InChI is InChI=1S/C19H14F3N3O5/c1-11-15(10-23-24(11)13-5-3-4-12(8-13)19(20,21)22)18(26)30-17-7-6-14(29-2)9-16(17)25(27)28/h3-10H,1-2H3. The highest BCUT2D eigenvalue weighted by molar-refractivity contribution is 5.92. The average Bonchev–Trinajstić information content (AvgIpc) is 3.09. The maximum Gasteiger partial charge on any atom is 0.416 e. The largest absolute Gasteiger partial charge is 0.496 e. The molecule has 0 saturated heterocycles. The molecule has 0 atom stereocenters. The van der Waals surface area contributed by atoms with Crippen LogP contribution in [0.1, 0.15) is 21.6 Å². The van der Waals surface area contributed by atoms with E-state index in [4.69, 9.17) is 9.47 Å². The van der Waals surface area contributed by atoms with Crippen LogP contribution in [0.3, 0.4) is 0 Å². The maximum atomic E-state index is 12.9. The molecule has 0 aliphatic rings. The summed E-state index contributed by atoms with van der Waals surface area (Å²) in [4.78, 5) is 23.0. The summed E-state index contributed by atoms with van der Waals surface area (Å²) in [6, 6.07) is 8.12. The third-order valence-corrected chi connectivity index (χ3v) is 4.21. The molecule has 0 N–H and O–H groups in total. The Bertz CT molecular complexity index is 1120. The molecular formula is C19H14F3N3O5. The first kappa shape index (κ1) is 20.8. The van der Waals surface area contributed by atoms with E-state index in [0.717, 1.165) is 29.1 Å². The number of halogens is 3. The van der Waals surface area contributed by atoms with Crippen molar-refractivity contribution in [2.45, 2.75) is 13.1 Å². The van der Waals surface area contributed by atoms with E-state index < -0.39 is 28.3 Å². The van der Waals surface area contributed by atoms with Gasteiger partial charge in [0.1, 0.15) is 11.3 Å². The first-order valence-corrected chi connectivity index (χ1v) is 8.38. The van der Waals surface area contributed by atoms with Gasteiger partial charge in [0.2, 0.25) is 5.75 Å². The number of aromatic nitrogens is 2. The molecular weight excluding hydrogens is 407 g/mol. The first-order valence-electron chi connectivity index (χ1n) is 8.38. The number of nitrogens with zero attached hydrogens (tertiary/aromatic N) is 3. The van der Waals surface area contributed by atoms with Crippen LogP contribution in [0.5, 0.6) is 11.5 Å². The number of rotatable bonds is 5. The van der Waals surface area contributed by atoms with Crippen molar-refractivity contribution in [2.24, 2.45) is 0 Å². The Morgan fingerprint density at radius 1 is 1.20 bits per heavy atom. The van der Waals surface area contributed by atoms with E-state index in [0.29, 0.717) is 0 Å². The summed E-state index contributed by atoms with van der Waals surface area (Å²) in [5.74, 6) is -1.05. The highest BCUT2D eigenvalue weighted by Crippen LogP contribution is 2.33. The Balaban J connectivity index is 1.92. The summed E-state index contributed by atoms with van der Waals surface area (Å²) in [5, 5.41) is 15.2. The number of carbonyl (C=O) groups is 1. The molecule has 3 aromatic rings. The van der Waals surface area contributed by atoms with Gasteiger partial charge in [-0.15, -0.1) is 0 Å². The molecule has 156 valence electrons. The number of nitro benzene ring substituents is 1. The van der Waals surface area contributed by atoms with Crippen molar-refractivity contribution in [1.82, 2.24) is 9.78 Å². The highest BCUT2D eigenvalue weighted by atomic mass is 19.4. The Morgan fingerprint density at radius 2 is 1.93 bits per heavy atom. The number of benzene rings is 2. The van der Waals surface area contributed by atoms with E-state index in [1.807, 2.05) is 0 Å². The smallest absolute Gasteiger partial charge is 0.416 e. The summed E-state index contributed by atoms with van der Waals surface area (Å²) in [7, 11) is 1.33. The lowest BCUT2D eigenvalue weighted by molar-refractivity contribution is -0.385. The van der Waals surface area contributed by atoms with Gasteiger partial charge in [-0.05, 0) is 37.3 Å². The van der Waals surface area contributed by atoms with Crippen LogP contribution in [0.4, 0.5) is 18.9 Å². The minimum atomic E-state index is -4.54. The monoisotopic (exact) mass is 421 g/mol. The molecule has 8 nitrogen and oxygen atoms in total. The highest BCUT2D eigenvalue weighted by Gasteiger charge is 2.31. The second-order valence-electron chi connectivity index (χ2n) is 6.08. The molecule has 11 heteroatoms. The molecule has 1 heterocycles. The summed E-state index contributed by atoms with van der Waals surface area (Å²) < 4.78 is 50.0. The molecule has 1 aromatic heterocycles. The van der Waals surface area contributed by atoms with Crippen LogP contribution in [0.25, 0.3) is 5.69 Å². The van der Waals surface area contributed by atoms with Gasteiger partial charge in [0.25, 0.3) is 0 Å².